The van der Waals surface area contributed by atoms with Crippen molar-refractivity contribution >= 4 is 29.1 Å². The molecule has 1 aromatic heterocycles. The number of hydrogen-bond acceptors (Lipinski definition) is 5. The maximum absolute atomic E-state index is 12.0. The molecule has 0 saturated heterocycles. The minimum Gasteiger partial charge on any atom is -0.329 e. The van der Waals surface area contributed by atoms with Gasteiger partial charge in [-0.05, 0) is 24.3 Å². The van der Waals surface area contributed by atoms with Gasteiger partial charge in [0.15, 0.2) is 0 Å². The van der Waals surface area contributed by atoms with Gasteiger partial charge in [-0.15, -0.1) is 0 Å². The van der Waals surface area contributed by atoms with Gasteiger partial charge in [-0.1, -0.05) is 17.7 Å². The molecule has 2 rings (SSSR count). The van der Waals surface area contributed by atoms with Crippen molar-refractivity contribution in [2.75, 3.05) is 10.6 Å². The predicted octanol–water partition coefficient (Wildman–Crippen LogP) is 2.59. The van der Waals surface area contributed by atoms with Crippen molar-refractivity contribution in [1.82, 2.24) is 9.97 Å². The molecule has 1 amide bonds. The first-order valence-corrected chi connectivity index (χ1v) is 6.27. The zero-order valence-corrected chi connectivity index (χ0v) is 11.5. The summed E-state index contributed by atoms with van der Waals surface area (Å²) in [6.07, 6.45) is 4.33. The molecule has 2 aromatic rings. The second-order valence-corrected chi connectivity index (χ2v) is 4.29. The van der Waals surface area contributed by atoms with Crippen LogP contribution in [0, 0.1) is 11.3 Å². The van der Waals surface area contributed by atoms with Gasteiger partial charge in [-0.25, -0.2) is 9.97 Å². The van der Waals surface area contributed by atoms with E-state index in [1.54, 1.807) is 48.8 Å². The van der Waals surface area contributed by atoms with Crippen molar-refractivity contribution in [3.63, 3.8) is 0 Å². The number of carbonyl (C=O) groups is 1. The molecule has 0 spiro atoms. The lowest BCUT2D eigenvalue weighted by Crippen LogP contribution is -2.14. The van der Waals surface area contributed by atoms with Gasteiger partial charge >= 0.3 is 0 Å². The number of rotatable bonds is 4. The van der Waals surface area contributed by atoms with Crippen LogP contribution in [0.2, 0.25) is 5.02 Å². The van der Waals surface area contributed by atoms with Crippen molar-refractivity contribution in [1.29, 1.82) is 5.26 Å². The van der Waals surface area contributed by atoms with Crippen LogP contribution in [-0.4, -0.2) is 15.9 Å². The zero-order valence-electron chi connectivity index (χ0n) is 10.7. The van der Waals surface area contributed by atoms with Gasteiger partial charge in [0.05, 0.1) is 0 Å². The van der Waals surface area contributed by atoms with Gasteiger partial charge in [0.2, 0.25) is 5.95 Å². The number of aromatic nitrogens is 2. The molecule has 7 heteroatoms. The molecular weight excluding hydrogens is 290 g/mol. The van der Waals surface area contributed by atoms with E-state index >= 15 is 0 Å². The number of nitrogens with zero attached hydrogens (tertiary/aromatic N) is 3. The van der Waals surface area contributed by atoms with Crippen LogP contribution in [0.3, 0.4) is 0 Å². The first kappa shape index (κ1) is 14.5. The second-order valence-electron chi connectivity index (χ2n) is 3.85. The molecule has 0 aliphatic heterocycles. The minimum atomic E-state index is -0.553. The highest BCUT2D eigenvalue weighted by molar-refractivity contribution is 6.31. The number of hydrogen-bond donors (Lipinski definition) is 2. The maximum Gasteiger partial charge on any atom is 0.267 e. The summed E-state index contributed by atoms with van der Waals surface area (Å²) in [5.74, 6) is -0.260. The normalized spacial score (nSPS) is 10.6. The van der Waals surface area contributed by atoms with Gasteiger partial charge < -0.3 is 10.6 Å². The van der Waals surface area contributed by atoms with Crippen LogP contribution >= 0.6 is 11.6 Å². The lowest BCUT2D eigenvalue weighted by molar-refractivity contribution is -0.112. The Kier molecular flexibility index (Phi) is 4.85. The van der Waals surface area contributed by atoms with Crippen molar-refractivity contribution in [2.24, 2.45) is 0 Å². The number of amides is 1. The average Bonchev–Trinajstić information content (AvgIpc) is 2.49. The van der Waals surface area contributed by atoms with E-state index in [1.807, 2.05) is 0 Å². The lowest BCUT2D eigenvalue weighted by atomic mass is 10.2. The molecule has 6 nitrogen and oxygen atoms in total. The largest absolute Gasteiger partial charge is 0.329 e. The van der Waals surface area contributed by atoms with E-state index in [0.717, 1.165) is 0 Å². The molecule has 1 aromatic carbocycles. The molecule has 1 heterocycles. The molecule has 0 atom stereocenters. The Morgan fingerprint density at radius 3 is 2.71 bits per heavy atom. The third-order valence-electron chi connectivity index (χ3n) is 2.36. The highest BCUT2D eigenvalue weighted by Crippen LogP contribution is 2.15. The standard InChI is InChI=1S/C14H10ClN5O/c15-11-3-1-4-12(7-11)20-13(21)10(8-16)9-19-14-17-5-2-6-18-14/h1-7,9H,(H,20,21)(H,17,18,19)/b10-9-. The van der Waals surface area contributed by atoms with E-state index in [4.69, 9.17) is 16.9 Å². The summed E-state index contributed by atoms with van der Waals surface area (Å²) in [5.41, 5.74) is 0.395. The Morgan fingerprint density at radius 2 is 2.05 bits per heavy atom. The van der Waals surface area contributed by atoms with Gasteiger partial charge in [-0.2, -0.15) is 5.26 Å². The Balaban J connectivity index is 2.07. The van der Waals surface area contributed by atoms with E-state index in [-0.39, 0.29) is 5.57 Å². The number of benzene rings is 1. The van der Waals surface area contributed by atoms with Crippen LogP contribution < -0.4 is 10.6 Å². The quantitative estimate of drug-likeness (QED) is 0.669. The summed E-state index contributed by atoms with van der Waals surface area (Å²) >= 11 is 5.82. The van der Waals surface area contributed by atoms with Gasteiger partial charge in [-0.3, -0.25) is 4.79 Å². The Morgan fingerprint density at radius 1 is 1.29 bits per heavy atom. The second kappa shape index (κ2) is 7.03. The predicted molar refractivity (Wildman–Crippen MR) is 79.4 cm³/mol. The van der Waals surface area contributed by atoms with E-state index in [2.05, 4.69) is 20.6 Å². The lowest BCUT2D eigenvalue weighted by Gasteiger charge is -2.04. The third kappa shape index (κ3) is 4.30. The van der Waals surface area contributed by atoms with Crippen molar-refractivity contribution < 1.29 is 4.79 Å². The molecule has 0 radical (unpaired) electrons. The monoisotopic (exact) mass is 299 g/mol. The molecule has 0 unspecified atom stereocenters. The summed E-state index contributed by atoms with van der Waals surface area (Å²) in [4.78, 5) is 19.8. The first-order chi connectivity index (χ1) is 10.2. The molecule has 21 heavy (non-hydrogen) atoms. The van der Waals surface area contributed by atoms with E-state index < -0.39 is 5.91 Å². The van der Waals surface area contributed by atoms with Crippen LogP contribution in [0.25, 0.3) is 0 Å². The topological polar surface area (TPSA) is 90.7 Å². The number of nitriles is 1. The Labute approximate surface area is 126 Å². The average molecular weight is 300 g/mol. The van der Waals surface area contributed by atoms with Gasteiger partial charge in [0.25, 0.3) is 5.91 Å². The van der Waals surface area contributed by atoms with Crippen LogP contribution in [0.4, 0.5) is 11.6 Å². The molecule has 0 fully saturated rings. The maximum atomic E-state index is 12.0. The molecular formula is C14H10ClN5O. The fourth-order valence-electron chi connectivity index (χ4n) is 1.42. The number of carbonyl (C=O) groups excluding carboxylic acids is 1. The van der Waals surface area contributed by atoms with E-state index in [9.17, 15) is 4.79 Å². The SMILES string of the molecule is N#C/C(=C/Nc1ncccn1)C(=O)Nc1cccc(Cl)c1. The molecule has 0 bridgehead atoms. The fourth-order valence-corrected chi connectivity index (χ4v) is 1.61. The zero-order chi connectivity index (χ0) is 15.1. The van der Waals surface area contributed by atoms with E-state index in [1.165, 1.54) is 6.20 Å². The molecule has 104 valence electrons. The third-order valence-corrected chi connectivity index (χ3v) is 2.59. The smallest absolute Gasteiger partial charge is 0.267 e. The number of anilines is 2. The highest BCUT2D eigenvalue weighted by Gasteiger charge is 2.09. The number of halogens is 1. The molecule has 0 aliphatic carbocycles. The molecule has 0 saturated carbocycles. The summed E-state index contributed by atoms with van der Waals surface area (Å²) < 4.78 is 0. The van der Waals surface area contributed by atoms with Gasteiger partial charge in [0.1, 0.15) is 11.6 Å². The fraction of sp³-hybridized carbons (Fsp3) is 0. The van der Waals surface area contributed by atoms with Crippen LogP contribution in [-0.2, 0) is 4.79 Å². The number of nitrogens with one attached hydrogen (secondary N) is 2. The van der Waals surface area contributed by atoms with E-state index in [0.29, 0.717) is 16.7 Å². The van der Waals surface area contributed by atoms with Crippen LogP contribution in [0.15, 0.2) is 54.5 Å². The van der Waals surface area contributed by atoms with Crippen molar-refractivity contribution in [2.45, 2.75) is 0 Å². The summed E-state index contributed by atoms with van der Waals surface area (Å²) in [5, 5.41) is 14.8. The summed E-state index contributed by atoms with van der Waals surface area (Å²) in [6.45, 7) is 0. The van der Waals surface area contributed by atoms with Crippen LogP contribution in [0.1, 0.15) is 0 Å². The summed E-state index contributed by atoms with van der Waals surface area (Å²) in [7, 11) is 0. The Bertz CT molecular complexity index is 709. The highest BCUT2D eigenvalue weighted by atomic mass is 35.5. The molecule has 0 aliphatic rings. The molecule has 2 N–H and O–H groups in total. The minimum absolute atomic E-state index is 0.109. The summed E-state index contributed by atoms with van der Waals surface area (Å²) in [6, 6.07) is 10.1. The van der Waals surface area contributed by atoms with Gasteiger partial charge in [0, 0.05) is 29.3 Å². The van der Waals surface area contributed by atoms with Crippen molar-refractivity contribution in [3.05, 3.63) is 59.5 Å². The van der Waals surface area contributed by atoms with Crippen LogP contribution in [0.5, 0.6) is 0 Å². The Hall–Kier alpha value is -2.91. The first-order valence-electron chi connectivity index (χ1n) is 5.90. The van der Waals surface area contributed by atoms with Crippen molar-refractivity contribution in [3.8, 4) is 6.07 Å².